The fraction of sp³-hybridized carbons (Fsp3) is 0. The van der Waals surface area contributed by atoms with Crippen LogP contribution in [0.2, 0.25) is 0 Å². The van der Waals surface area contributed by atoms with E-state index in [-0.39, 0.29) is 27.9 Å². The van der Waals surface area contributed by atoms with Crippen LogP contribution in [0.15, 0.2) is 83.7 Å². The molecule has 0 bridgehead atoms. The van der Waals surface area contributed by atoms with E-state index in [2.05, 4.69) is 29.9 Å². The summed E-state index contributed by atoms with van der Waals surface area (Å²) in [6, 6.07) is 5.22. The smallest absolute Gasteiger partial charge is 0.545 e. The van der Waals surface area contributed by atoms with Crippen LogP contribution in [0.1, 0.15) is 20.7 Å². The molecule has 4 aromatic rings. The molecule has 163 valence electrons. The van der Waals surface area contributed by atoms with Gasteiger partial charge < -0.3 is 39.7 Å². The van der Waals surface area contributed by atoms with Gasteiger partial charge in [0.25, 0.3) is 11.1 Å². The Balaban J connectivity index is 0.000000401. The average Bonchev–Trinajstić information content (AvgIpc) is 3.47. The van der Waals surface area contributed by atoms with Crippen molar-refractivity contribution in [3.8, 4) is 0 Å². The van der Waals surface area contributed by atoms with Gasteiger partial charge in [0, 0.05) is 37.2 Å². The van der Waals surface area contributed by atoms with E-state index in [0.29, 0.717) is 0 Å². The number of carbonyl (C=O) groups is 2. The third-order valence-electron chi connectivity index (χ3n) is 2.89. The number of nitrogens with zero attached hydrogens (tertiary/aromatic N) is 2. The van der Waals surface area contributed by atoms with Crippen LogP contribution in [0, 0.1) is 0 Å². The number of carboxylic acids is 2. The fourth-order valence-electron chi connectivity index (χ4n) is 1.59. The molecule has 4 N–H and O–H groups in total. The molecule has 4 rings (SSSR count). The van der Waals surface area contributed by atoms with E-state index in [4.69, 9.17) is 0 Å². The number of pyridine rings is 2. The molecule has 0 amide bonds. The zero-order chi connectivity index (χ0) is 22.2. The van der Waals surface area contributed by atoms with E-state index in [1.165, 1.54) is 36.7 Å². The van der Waals surface area contributed by atoms with Crippen molar-refractivity contribution < 1.29 is 36.6 Å². The molecule has 4 aromatic heterocycles. The van der Waals surface area contributed by atoms with E-state index >= 15 is 0 Å². The molecule has 0 aliphatic rings. The van der Waals surface area contributed by atoms with Crippen molar-refractivity contribution in [1.82, 2.24) is 29.9 Å². The van der Waals surface area contributed by atoms with Gasteiger partial charge in [0.2, 0.25) is 0 Å². The molecule has 0 aromatic carbocycles. The summed E-state index contributed by atoms with van der Waals surface area (Å²) in [7, 11) is 0. The van der Waals surface area contributed by atoms with E-state index < -0.39 is 23.1 Å². The average molecular weight is 471 g/mol. The van der Waals surface area contributed by atoms with Gasteiger partial charge in [-0.15, -0.1) is 0 Å². The van der Waals surface area contributed by atoms with Crippen LogP contribution in [0.4, 0.5) is 0 Å². The van der Waals surface area contributed by atoms with E-state index in [0.717, 1.165) is 0 Å². The molecule has 0 spiro atoms. The normalized spacial score (nSPS) is 8.52. The van der Waals surface area contributed by atoms with E-state index in [9.17, 15) is 29.4 Å². The van der Waals surface area contributed by atoms with Gasteiger partial charge >= 0.3 is 16.8 Å². The standard InChI is InChI=1S/2C6H5NO3.2C3H4N2.Co/c2*8-5-4(6(9)10)2-1-3-7-5;2*1-2-5-3-4-1;/h2*1-3H,(H,7,8)(H,9,10);2*1-3H,(H,4,5);/q;;;;+2/p-2. The van der Waals surface area contributed by atoms with Crippen molar-refractivity contribution in [2.45, 2.75) is 0 Å². The molecule has 0 saturated heterocycles. The van der Waals surface area contributed by atoms with Gasteiger partial charge in [0.1, 0.15) is 0 Å². The van der Waals surface area contributed by atoms with E-state index in [1.807, 2.05) is 0 Å². The molecule has 31 heavy (non-hydrogen) atoms. The van der Waals surface area contributed by atoms with Crippen LogP contribution in [0.25, 0.3) is 0 Å². The van der Waals surface area contributed by atoms with Crippen LogP contribution >= 0.6 is 0 Å². The minimum absolute atomic E-state index is 0. The van der Waals surface area contributed by atoms with Gasteiger partial charge in [-0.3, -0.25) is 9.59 Å². The summed E-state index contributed by atoms with van der Waals surface area (Å²) in [6.45, 7) is 0. The van der Waals surface area contributed by atoms with Crippen LogP contribution in [0.5, 0.6) is 0 Å². The molecule has 0 aliphatic carbocycles. The van der Waals surface area contributed by atoms with Crippen LogP contribution in [-0.2, 0) is 16.8 Å². The summed E-state index contributed by atoms with van der Waals surface area (Å²) in [5.74, 6) is -2.91. The Morgan fingerprint density at radius 3 is 1.26 bits per heavy atom. The third-order valence-corrected chi connectivity index (χ3v) is 2.89. The fourth-order valence-corrected chi connectivity index (χ4v) is 1.59. The first-order valence-electron chi connectivity index (χ1n) is 8.07. The Morgan fingerprint density at radius 1 is 0.710 bits per heavy atom. The number of carboxylic acid groups (broad SMARTS) is 2. The molecule has 0 saturated carbocycles. The Hall–Kier alpha value is -4.23. The number of nitrogens with one attached hydrogen (secondary N) is 4. The topological polar surface area (TPSA) is 203 Å². The Bertz CT molecular complexity index is 985. The number of hydrogen-bond acceptors (Lipinski definition) is 8. The molecule has 0 aliphatic heterocycles. The second-order valence-corrected chi connectivity index (χ2v) is 4.92. The number of H-pyrrole nitrogens is 4. The number of imidazole rings is 2. The summed E-state index contributed by atoms with van der Waals surface area (Å²) >= 11 is 0. The zero-order valence-electron chi connectivity index (χ0n) is 15.6. The van der Waals surface area contributed by atoms with Crippen molar-refractivity contribution in [2.24, 2.45) is 0 Å². The molecule has 12 nitrogen and oxygen atoms in total. The number of hydrogen-bond donors (Lipinski definition) is 4. The van der Waals surface area contributed by atoms with Crippen molar-refractivity contribution in [2.75, 3.05) is 0 Å². The Morgan fingerprint density at radius 2 is 1.10 bits per heavy atom. The van der Waals surface area contributed by atoms with Crippen LogP contribution in [-0.4, -0.2) is 41.8 Å². The van der Waals surface area contributed by atoms with E-state index in [1.54, 1.807) is 37.4 Å². The third kappa shape index (κ3) is 11.4. The summed E-state index contributed by atoms with van der Waals surface area (Å²) in [5, 5.41) is 20.2. The van der Waals surface area contributed by atoms with Gasteiger partial charge in [0.05, 0.1) is 35.7 Å². The quantitative estimate of drug-likeness (QED) is 0.264. The second-order valence-electron chi connectivity index (χ2n) is 4.92. The van der Waals surface area contributed by atoms with Crippen molar-refractivity contribution in [1.29, 1.82) is 0 Å². The molecular weight excluding hydrogens is 455 g/mol. The predicted molar refractivity (Wildman–Crippen MR) is 100.0 cm³/mol. The van der Waals surface area contributed by atoms with Crippen molar-refractivity contribution in [3.63, 3.8) is 0 Å². The minimum Gasteiger partial charge on any atom is -0.545 e. The number of aromatic nitrogens is 6. The molecule has 0 fully saturated rings. The van der Waals surface area contributed by atoms with Crippen LogP contribution in [0.3, 0.4) is 0 Å². The molecule has 1 radical (unpaired) electrons. The number of aromatic carboxylic acids is 2. The molecule has 13 heteroatoms. The Kier molecular flexibility index (Phi) is 13.5. The summed E-state index contributed by atoms with van der Waals surface area (Å²) in [5.41, 5.74) is -1.96. The van der Waals surface area contributed by atoms with Gasteiger partial charge in [-0.2, -0.15) is 0 Å². The molecular formula is C18H16CoN6O6. The monoisotopic (exact) mass is 471 g/mol. The maximum Gasteiger partial charge on any atom is 2.00 e. The largest absolute Gasteiger partial charge is 2.00 e. The van der Waals surface area contributed by atoms with Crippen molar-refractivity contribution >= 4 is 11.9 Å². The maximum atomic E-state index is 10.6. The van der Waals surface area contributed by atoms with Gasteiger partial charge in [0.15, 0.2) is 0 Å². The van der Waals surface area contributed by atoms with Gasteiger partial charge in [-0.05, 0) is 24.3 Å². The maximum absolute atomic E-state index is 10.6. The molecule has 4 heterocycles. The number of carbonyl (C=O) groups excluding carboxylic acids is 2. The first kappa shape index (κ1) is 26.8. The minimum atomic E-state index is -1.46. The summed E-state index contributed by atoms with van der Waals surface area (Å²) in [6.07, 6.45) is 12.9. The predicted octanol–water partition coefficient (Wildman–Crippen LogP) is -1.71. The van der Waals surface area contributed by atoms with Crippen LogP contribution < -0.4 is 21.3 Å². The summed E-state index contributed by atoms with van der Waals surface area (Å²) < 4.78 is 0. The Labute approximate surface area is 184 Å². The zero-order valence-corrected chi connectivity index (χ0v) is 16.6. The van der Waals surface area contributed by atoms with Gasteiger partial charge in [-0.1, -0.05) is 0 Å². The first-order valence-corrected chi connectivity index (χ1v) is 8.07. The van der Waals surface area contributed by atoms with Gasteiger partial charge in [-0.25, -0.2) is 9.97 Å². The SMILES string of the molecule is O=C([O-])c1ccc[nH]c1=O.O=C([O-])c1ccc[nH]c1=O.[Co+2].c1c[nH]cn1.c1c[nH]cn1. The number of aromatic amines is 4. The first-order chi connectivity index (χ1) is 14.4. The molecule has 0 atom stereocenters. The molecule has 0 unspecified atom stereocenters. The summed E-state index contributed by atoms with van der Waals surface area (Å²) in [4.78, 5) is 58.6. The number of rotatable bonds is 2. The second kappa shape index (κ2) is 15.7. The van der Waals surface area contributed by atoms with Crippen molar-refractivity contribution in [3.05, 3.63) is 106 Å².